The molecule has 0 bridgehead atoms. The van der Waals surface area contributed by atoms with E-state index >= 15 is 0 Å². The third-order valence-electron chi connectivity index (χ3n) is 3.67. The Morgan fingerprint density at radius 1 is 1.26 bits per heavy atom. The van der Waals surface area contributed by atoms with Gasteiger partial charge in [-0.2, -0.15) is 0 Å². The number of amides is 1. The molecule has 6 nitrogen and oxygen atoms in total. The normalized spacial score (nSPS) is 26.3. The summed E-state index contributed by atoms with van der Waals surface area (Å²) in [7, 11) is 0. The molecule has 6 heteroatoms. The number of aliphatic carboxylic acids is 1. The second-order valence-electron chi connectivity index (χ2n) is 4.92. The van der Waals surface area contributed by atoms with Crippen molar-refractivity contribution in [2.45, 2.75) is 26.2 Å². The van der Waals surface area contributed by atoms with Crippen molar-refractivity contribution in [3.05, 3.63) is 0 Å². The van der Waals surface area contributed by atoms with Crippen LogP contribution in [0, 0.1) is 17.8 Å². The number of hydrogen-bond acceptors (Lipinski definition) is 4. The first kappa shape index (κ1) is 15.9. The lowest BCUT2D eigenvalue weighted by Crippen LogP contribution is -2.37. The van der Waals surface area contributed by atoms with Crippen LogP contribution in [-0.2, 0) is 14.3 Å². The SMILES string of the molecule is CCC1CC(C(=O)O)C(C(=O)NCCOCCO)C1. The molecule has 0 radical (unpaired) electrons. The van der Waals surface area contributed by atoms with Crippen LogP contribution in [0.2, 0.25) is 0 Å². The van der Waals surface area contributed by atoms with Crippen LogP contribution in [0.1, 0.15) is 26.2 Å². The zero-order chi connectivity index (χ0) is 14.3. The lowest BCUT2D eigenvalue weighted by atomic mass is 9.95. The van der Waals surface area contributed by atoms with Gasteiger partial charge >= 0.3 is 5.97 Å². The summed E-state index contributed by atoms with van der Waals surface area (Å²) in [5, 5.41) is 20.4. The van der Waals surface area contributed by atoms with Crippen LogP contribution in [0.5, 0.6) is 0 Å². The lowest BCUT2D eigenvalue weighted by Gasteiger charge is -2.15. The summed E-state index contributed by atoms with van der Waals surface area (Å²) in [6.45, 7) is 2.89. The van der Waals surface area contributed by atoms with Crippen molar-refractivity contribution in [1.29, 1.82) is 0 Å². The molecule has 110 valence electrons. The fourth-order valence-electron chi connectivity index (χ4n) is 2.58. The summed E-state index contributed by atoms with van der Waals surface area (Å²) in [5.74, 6) is -1.75. The van der Waals surface area contributed by atoms with Crippen molar-refractivity contribution >= 4 is 11.9 Å². The van der Waals surface area contributed by atoms with E-state index in [1.54, 1.807) is 0 Å². The molecule has 0 spiro atoms. The maximum atomic E-state index is 12.0. The zero-order valence-corrected chi connectivity index (χ0v) is 11.3. The number of carboxylic acids is 1. The Hall–Kier alpha value is -1.14. The highest BCUT2D eigenvalue weighted by Crippen LogP contribution is 2.38. The second kappa shape index (κ2) is 8.12. The highest BCUT2D eigenvalue weighted by Gasteiger charge is 2.41. The van der Waals surface area contributed by atoms with Gasteiger partial charge in [-0.25, -0.2) is 0 Å². The molecular weight excluding hydrogens is 250 g/mol. The summed E-state index contributed by atoms with van der Waals surface area (Å²) in [6, 6.07) is 0. The molecule has 0 aromatic heterocycles. The summed E-state index contributed by atoms with van der Waals surface area (Å²) >= 11 is 0. The Kier molecular flexibility index (Phi) is 6.80. The first-order valence-electron chi connectivity index (χ1n) is 6.79. The van der Waals surface area contributed by atoms with Gasteiger partial charge in [0.2, 0.25) is 5.91 Å². The van der Waals surface area contributed by atoms with Crippen molar-refractivity contribution in [1.82, 2.24) is 5.32 Å². The number of carbonyl (C=O) groups is 2. The Balaban J connectivity index is 2.39. The third-order valence-corrected chi connectivity index (χ3v) is 3.67. The van der Waals surface area contributed by atoms with Crippen molar-refractivity contribution in [2.24, 2.45) is 17.8 Å². The highest BCUT2D eigenvalue weighted by atomic mass is 16.5. The van der Waals surface area contributed by atoms with E-state index in [1.165, 1.54) is 0 Å². The van der Waals surface area contributed by atoms with Crippen LogP contribution in [0.15, 0.2) is 0 Å². The van der Waals surface area contributed by atoms with Crippen LogP contribution in [0.25, 0.3) is 0 Å². The van der Waals surface area contributed by atoms with E-state index in [2.05, 4.69) is 5.32 Å². The molecule has 0 saturated heterocycles. The largest absolute Gasteiger partial charge is 0.481 e. The molecule has 0 aromatic rings. The van der Waals surface area contributed by atoms with E-state index in [4.69, 9.17) is 14.9 Å². The van der Waals surface area contributed by atoms with Crippen LogP contribution < -0.4 is 5.32 Å². The Bertz CT molecular complexity index is 307. The number of nitrogens with one attached hydrogen (secondary N) is 1. The Morgan fingerprint density at radius 3 is 2.53 bits per heavy atom. The van der Waals surface area contributed by atoms with Gasteiger partial charge in [0.15, 0.2) is 0 Å². The number of rotatable bonds is 8. The fraction of sp³-hybridized carbons (Fsp3) is 0.846. The Labute approximate surface area is 113 Å². The van der Waals surface area contributed by atoms with Gasteiger partial charge in [-0.05, 0) is 18.8 Å². The number of ether oxygens (including phenoxy) is 1. The van der Waals surface area contributed by atoms with Gasteiger partial charge in [-0.1, -0.05) is 13.3 Å². The number of aliphatic hydroxyl groups is 1. The van der Waals surface area contributed by atoms with Crippen molar-refractivity contribution in [3.8, 4) is 0 Å². The average Bonchev–Trinajstić information content (AvgIpc) is 2.82. The molecule has 1 amide bonds. The first-order chi connectivity index (χ1) is 9.10. The number of aliphatic hydroxyl groups excluding tert-OH is 1. The fourth-order valence-corrected chi connectivity index (χ4v) is 2.58. The zero-order valence-electron chi connectivity index (χ0n) is 11.3. The molecule has 1 saturated carbocycles. The van der Waals surface area contributed by atoms with Gasteiger partial charge in [0.25, 0.3) is 0 Å². The van der Waals surface area contributed by atoms with E-state index in [1.807, 2.05) is 6.92 Å². The van der Waals surface area contributed by atoms with Gasteiger partial charge < -0.3 is 20.3 Å². The topological polar surface area (TPSA) is 95.9 Å². The van der Waals surface area contributed by atoms with E-state index < -0.39 is 17.8 Å². The number of hydrogen-bond donors (Lipinski definition) is 3. The van der Waals surface area contributed by atoms with Gasteiger partial charge in [-0.3, -0.25) is 9.59 Å². The molecule has 3 atom stereocenters. The van der Waals surface area contributed by atoms with Crippen LogP contribution in [0.3, 0.4) is 0 Å². The predicted octanol–water partition coefficient (Wildman–Crippen LogP) is 0.249. The highest BCUT2D eigenvalue weighted by molar-refractivity contribution is 5.85. The standard InChI is InChI=1S/C13H23NO5/c1-2-9-7-10(11(8-9)13(17)18)12(16)14-3-5-19-6-4-15/h9-11,15H,2-8H2,1H3,(H,14,16)(H,17,18). The van der Waals surface area contributed by atoms with E-state index in [9.17, 15) is 9.59 Å². The molecule has 1 rings (SSSR count). The molecule has 19 heavy (non-hydrogen) atoms. The second-order valence-corrected chi connectivity index (χ2v) is 4.92. The molecule has 0 heterocycles. The molecular formula is C13H23NO5. The molecule has 0 aliphatic heterocycles. The van der Waals surface area contributed by atoms with Crippen molar-refractivity contribution < 1.29 is 24.5 Å². The van der Waals surface area contributed by atoms with Crippen LogP contribution in [0.4, 0.5) is 0 Å². The number of carbonyl (C=O) groups excluding carboxylic acids is 1. The molecule has 1 aliphatic carbocycles. The molecule has 3 unspecified atom stereocenters. The van der Waals surface area contributed by atoms with Crippen molar-refractivity contribution in [3.63, 3.8) is 0 Å². The minimum atomic E-state index is -0.882. The molecule has 0 aromatic carbocycles. The van der Waals surface area contributed by atoms with Gasteiger partial charge in [0.1, 0.15) is 0 Å². The smallest absolute Gasteiger partial charge is 0.307 e. The van der Waals surface area contributed by atoms with E-state index in [-0.39, 0.29) is 19.1 Å². The maximum absolute atomic E-state index is 12.0. The Morgan fingerprint density at radius 2 is 1.95 bits per heavy atom. The van der Waals surface area contributed by atoms with Gasteiger partial charge in [0.05, 0.1) is 31.7 Å². The summed E-state index contributed by atoms with van der Waals surface area (Å²) in [4.78, 5) is 23.1. The van der Waals surface area contributed by atoms with Crippen LogP contribution in [-0.4, -0.2) is 48.5 Å². The monoisotopic (exact) mass is 273 g/mol. The van der Waals surface area contributed by atoms with E-state index in [0.717, 1.165) is 6.42 Å². The summed E-state index contributed by atoms with van der Waals surface area (Å²) in [5.41, 5.74) is 0. The minimum Gasteiger partial charge on any atom is -0.481 e. The van der Waals surface area contributed by atoms with Gasteiger partial charge in [-0.15, -0.1) is 0 Å². The summed E-state index contributed by atoms with van der Waals surface area (Å²) in [6.07, 6.45) is 2.15. The quantitative estimate of drug-likeness (QED) is 0.551. The van der Waals surface area contributed by atoms with Crippen LogP contribution >= 0.6 is 0 Å². The third kappa shape index (κ3) is 4.80. The first-order valence-corrected chi connectivity index (χ1v) is 6.79. The lowest BCUT2D eigenvalue weighted by molar-refractivity contribution is -0.146. The summed E-state index contributed by atoms with van der Waals surface area (Å²) < 4.78 is 5.03. The molecule has 3 N–H and O–H groups in total. The minimum absolute atomic E-state index is 0.0458. The predicted molar refractivity (Wildman–Crippen MR) is 68.5 cm³/mol. The van der Waals surface area contributed by atoms with E-state index in [0.29, 0.717) is 31.9 Å². The van der Waals surface area contributed by atoms with Crippen molar-refractivity contribution in [2.75, 3.05) is 26.4 Å². The maximum Gasteiger partial charge on any atom is 0.307 e. The molecule has 1 aliphatic rings. The van der Waals surface area contributed by atoms with Gasteiger partial charge in [0, 0.05) is 6.54 Å². The average molecular weight is 273 g/mol. The number of carboxylic acid groups (broad SMARTS) is 1. The molecule has 1 fully saturated rings.